The van der Waals surface area contributed by atoms with Crippen molar-refractivity contribution in [2.45, 2.75) is 9.79 Å². The van der Waals surface area contributed by atoms with E-state index in [0.29, 0.717) is 14.8 Å². The quantitative estimate of drug-likeness (QED) is 0.891. The van der Waals surface area contributed by atoms with E-state index in [0.717, 1.165) is 0 Å². The zero-order valence-electron chi connectivity index (χ0n) is 8.26. The maximum absolute atomic E-state index is 12.1. The van der Waals surface area contributed by atoms with Gasteiger partial charge in [0.05, 0.1) is 20.7 Å². The Balaban J connectivity index is 2.40. The zero-order chi connectivity index (χ0) is 11.5. The highest BCUT2D eigenvalue weighted by atomic mass is 35.5. The molecule has 0 saturated carbocycles. The van der Waals surface area contributed by atoms with Crippen LogP contribution in [0.1, 0.15) is 0 Å². The number of benzene rings is 2. The van der Waals surface area contributed by atoms with Gasteiger partial charge in [0.15, 0.2) is 0 Å². The standard InChI is InChI=1S/C12H9ClO2S/c13-11-3-1-2-4-12(11)16(15)10-7-5-9(14)6-8-10/h1-8,14H. The summed E-state index contributed by atoms with van der Waals surface area (Å²) in [5.74, 6) is 0.153. The van der Waals surface area contributed by atoms with Crippen molar-refractivity contribution < 1.29 is 9.32 Å². The Morgan fingerprint density at radius 2 is 1.62 bits per heavy atom. The third-order valence-electron chi connectivity index (χ3n) is 2.09. The molecule has 16 heavy (non-hydrogen) atoms. The molecule has 0 aliphatic rings. The van der Waals surface area contributed by atoms with Crippen molar-refractivity contribution in [3.05, 3.63) is 53.6 Å². The molecular weight excluding hydrogens is 244 g/mol. The summed E-state index contributed by atoms with van der Waals surface area (Å²) >= 11 is 5.96. The molecule has 0 bridgehead atoms. The fraction of sp³-hybridized carbons (Fsp3) is 0. The van der Waals surface area contributed by atoms with Gasteiger partial charge in [0.25, 0.3) is 0 Å². The lowest BCUT2D eigenvalue weighted by molar-refractivity contribution is 0.475. The third-order valence-corrected chi connectivity index (χ3v) is 3.98. The molecule has 2 rings (SSSR count). The van der Waals surface area contributed by atoms with Gasteiger partial charge in [-0.15, -0.1) is 0 Å². The summed E-state index contributed by atoms with van der Waals surface area (Å²) in [7, 11) is -1.31. The Morgan fingerprint density at radius 1 is 1.00 bits per heavy atom. The van der Waals surface area contributed by atoms with Crippen LogP contribution in [0, 0.1) is 0 Å². The second-order valence-corrected chi connectivity index (χ2v) is 5.05. The molecule has 82 valence electrons. The van der Waals surface area contributed by atoms with Crippen LogP contribution in [0.5, 0.6) is 5.75 Å². The summed E-state index contributed by atoms with van der Waals surface area (Å²) in [4.78, 5) is 1.20. The first-order valence-corrected chi connectivity index (χ1v) is 6.16. The summed E-state index contributed by atoms with van der Waals surface area (Å²) in [5, 5.41) is 9.62. The lowest BCUT2D eigenvalue weighted by Crippen LogP contribution is -1.93. The number of hydrogen-bond donors (Lipinski definition) is 1. The molecule has 1 atom stereocenters. The van der Waals surface area contributed by atoms with E-state index in [9.17, 15) is 4.21 Å². The van der Waals surface area contributed by atoms with Gasteiger partial charge in [-0.25, -0.2) is 4.21 Å². The van der Waals surface area contributed by atoms with Gasteiger partial charge >= 0.3 is 0 Å². The Labute approximate surface area is 101 Å². The topological polar surface area (TPSA) is 37.3 Å². The van der Waals surface area contributed by atoms with E-state index >= 15 is 0 Å². The highest BCUT2D eigenvalue weighted by Crippen LogP contribution is 2.24. The molecule has 0 radical (unpaired) electrons. The second-order valence-electron chi connectivity index (χ2n) is 3.19. The van der Waals surface area contributed by atoms with E-state index in [1.165, 1.54) is 12.1 Å². The SMILES string of the molecule is O=S(c1ccc(O)cc1)c1ccccc1Cl. The van der Waals surface area contributed by atoms with Crippen molar-refractivity contribution in [1.82, 2.24) is 0 Å². The average Bonchev–Trinajstić information content (AvgIpc) is 2.30. The molecule has 0 aliphatic carbocycles. The van der Waals surface area contributed by atoms with Gasteiger partial charge < -0.3 is 5.11 Å². The smallest absolute Gasteiger partial charge is 0.115 e. The second kappa shape index (κ2) is 4.68. The van der Waals surface area contributed by atoms with E-state index < -0.39 is 10.8 Å². The largest absolute Gasteiger partial charge is 0.508 e. The van der Waals surface area contributed by atoms with Crippen molar-refractivity contribution in [3.63, 3.8) is 0 Å². The summed E-state index contributed by atoms with van der Waals surface area (Å²) in [6.45, 7) is 0. The minimum Gasteiger partial charge on any atom is -0.508 e. The first-order valence-electron chi connectivity index (χ1n) is 4.64. The summed E-state index contributed by atoms with van der Waals surface area (Å²) in [5.41, 5.74) is 0. The van der Waals surface area contributed by atoms with E-state index in [1.54, 1.807) is 36.4 Å². The first kappa shape index (κ1) is 11.2. The van der Waals surface area contributed by atoms with Crippen LogP contribution in [-0.2, 0) is 10.8 Å². The number of phenols is 1. The molecule has 2 nitrogen and oxygen atoms in total. The van der Waals surface area contributed by atoms with Gasteiger partial charge in [-0.05, 0) is 36.4 Å². The highest BCUT2D eigenvalue weighted by Gasteiger charge is 2.10. The third kappa shape index (κ3) is 2.26. The summed E-state index contributed by atoms with van der Waals surface area (Å²) in [6.07, 6.45) is 0. The van der Waals surface area contributed by atoms with Gasteiger partial charge in [0.1, 0.15) is 5.75 Å². The molecule has 0 heterocycles. The molecule has 0 aromatic heterocycles. The van der Waals surface area contributed by atoms with Gasteiger partial charge in [-0.1, -0.05) is 23.7 Å². The molecule has 0 saturated heterocycles. The van der Waals surface area contributed by atoms with Crippen molar-refractivity contribution in [2.24, 2.45) is 0 Å². The minimum atomic E-state index is -1.31. The Hall–Kier alpha value is -1.32. The molecule has 0 fully saturated rings. The van der Waals surface area contributed by atoms with Crippen LogP contribution in [0.2, 0.25) is 5.02 Å². The van der Waals surface area contributed by atoms with Crippen LogP contribution in [0.15, 0.2) is 58.3 Å². The lowest BCUT2D eigenvalue weighted by atomic mass is 10.3. The van der Waals surface area contributed by atoms with E-state index in [2.05, 4.69) is 0 Å². The van der Waals surface area contributed by atoms with Gasteiger partial charge in [-0.3, -0.25) is 0 Å². The number of halogens is 1. The maximum atomic E-state index is 12.1. The molecule has 0 aliphatic heterocycles. The van der Waals surface area contributed by atoms with Crippen molar-refractivity contribution >= 4 is 22.4 Å². The predicted molar refractivity (Wildman–Crippen MR) is 64.2 cm³/mol. The molecule has 0 spiro atoms. The van der Waals surface area contributed by atoms with Crippen LogP contribution in [-0.4, -0.2) is 9.32 Å². The Morgan fingerprint density at radius 3 is 2.25 bits per heavy atom. The maximum Gasteiger partial charge on any atom is 0.115 e. The van der Waals surface area contributed by atoms with E-state index in [4.69, 9.17) is 16.7 Å². The molecule has 0 amide bonds. The molecule has 4 heteroatoms. The van der Waals surface area contributed by atoms with Crippen LogP contribution >= 0.6 is 11.6 Å². The predicted octanol–water partition coefficient (Wildman–Crippen LogP) is 3.21. The van der Waals surface area contributed by atoms with Crippen molar-refractivity contribution in [3.8, 4) is 5.75 Å². The lowest BCUT2D eigenvalue weighted by Gasteiger charge is -2.04. The van der Waals surface area contributed by atoms with Gasteiger partial charge in [0, 0.05) is 4.90 Å². The zero-order valence-corrected chi connectivity index (χ0v) is 9.83. The van der Waals surface area contributed by atoms with Gasteiger partial charge in [-0.2, -0.15) is 0 Å². The highest BCUT2D eigenvalue weighted by molar-refractivity contribution is 7.85. The minimum absolute atomic E-state index is 0.153. The van der Waals surface area contributed by atoms with Crippen molar-refractivity contribution in [1.29, 1.82) is 0 Å². The molecule has 1 N–H and O–H groups in total. The summed E-state index contributed by atoms with van der Waals surface area (Å²) in [6, 6.07) is 13.3. The van der Waals surface area contributed by atoms with E-state index in [-0.39, 0.29) is 5.75 Å². The molecule has 2 aromatic rings. The number of hydrogen-bond acceptors (Lipinski definition) is 2. The van der Waals surface area contributed by atoms with Gasteiger partial charge in [0.2, 0.25) is 0 Å². The van der Waals surface area contributed by atoms with Crippen LogP contribution in [0.4, 0.5) is 0 Å². The Kier molecular flexibility index (Phi) is 3.27. The average molecular weight is 253 g/mol. The first-order chi connectivity index (χ1) is 7.68. The van der Waals surface area contributed by atoms with Crippen LogP contribution in [0.25, 0.3) is 0 Å². The monoisotopic (exact) mass is 252 g/mol. The molecule has 2 aromatic carbocycles. The van der Waals surface area contributed by atoms with Crippen LogP contribution in [0.3, 0.4) is 0 Å². The van der Waals surface area contributed by atoms with Crippen molar-refractivity contribution in [2.75, 3.05) is 0 Å². The Bertz CT molecular complexity index is 523. The fourth-order valence-electron chi connectivity index (χ4n) is 1.29. The van der Waals surface area contributed by atoms with E-state index in [1.807, 2.05) is 0 Å². The normalized spacial score (nSPS) is 12.3. The fourth-order valence-corrected chi connectivity index (χ4v) is 2.72. The number of rotatable bonds is 2. The number of aromatic hydroxyl groups is 1. The summed E-state index contributed by atoms with van der Waals surface area (Å²) < 4.78 is 12.1. The van der Waals surface area contributed by atoms with Crippen LogP contribution < -0.4 is 0 Å². The molecular formula is C12H9ClO2S. The molecule has 1 unspecified atom stereocenters. The number of phenolic OH excluding ortho intramolecular Hbond substituents is 1.